The number of carbonyl (C=O) groups excluding carboxylic acids is 1. The molecule has 0 spiro atoms. The van der Waals surface area contributed by atoms with Crippen LogP contribution in [-0.2, 0) is 17.8 Å². The standard InChI is InChI=1S/C18H18ClNO4/c1-2-24-16-8-7-14(19)10-15(16)18(23)20-11-13-5-3-12(4-6-13)9-17(21)22/h3-8,10H,2,9,11H2,1H3,(H,20,23)(H,21,22). The third-order valence-electron chi connectivity index (χ3n) is 3.32. The molecule has 0 radical (unpaired) electrons. The van der Waals surface area contributed by atoms with Gasteiger partial charge in [0.2, 0.25) is 0 Å². The van der Waals surface area contributed by atoms with E-state index in [0.717, 1.165) is 5.56 Å². The van der Waals surface area contributed by atoms with E-state index in [0.29, 0.717) is 35.1 Å². The van der Waals surface area contributed by atoms with Crippen LogP contribution in [-0.4, -0.2) is 23.6 Å². The number of rotatable bonds is 7. The maximum absolute atomic E-state index is 12.4. The zero-order valence-electron chi connectivity index (χ0n) is 13.2. The minimum absolute atomic E-state index is 0.0210. The molecule has 24 heavy (non-hydrogen) atoms. The lowest BCUT2D eigenvalue weighted by atomic mass is 10.1. The number of ether oxygens (including phenoxy) is 1. The zero-order chi connectivity index (χ0) is 17.5. The van der Waals surface area contributed by atoms with Gasteiger partial charge in [-0.2, -0.15) is 0 Å². The fourth-order valence-corrected chi connectivity index (χ4v) is 2.36. The van der Waals surface area contributed by atoms with Gasteiger partial charge in [0.1, 0.15) is 5.75 Å². The van der Waals surface area contributed by atoms with Crippen LogP contribution in [0.3, 0.4) is 0 Å². The number of hydrogen-bond donors (Lipinski definition) is 2. The van der Waals surface area contributed by atoms with Crippen LogP contribution in [0, 0.1) is 0 Å². The molecular formula is C18H18ClNO4. The predicted molar refractivity (Wildman–Crippen MR) is 91.6 cm³/mol. The van der Waals surface area contributed by atoms with Crippen molar-refractivity contribution in [3.63, 3.8) is 0 Å². The van der Waals surface area contributed by atoms with Crippen LogP contribution >= 0.6 is 11.6 Å². The Labute approximate surface area is 145 Å². The molecule has 0 saturated carbocycles. The van der Waals surface area contributed by atoms with Crippen LogP contribution in [0.2, 0.25) is 5.02 Å². The van der Waals surface area contributed by atoms with Gasteiger partial charge in [0.05, 0.1) is 18.6 Å². The van der Waals surface area contributed by atoms with E-state index in [1.165, 1.54) is 0 Å². The van der Waals surface area contributed by atoms with E-state index in [2.05, 4.69) is 5.32 Å². The van der Waals surface area contributed by atoms with Crippen molar-refractivity contribution in [2.75, 3.05) is 6.61 Å². The summed E-state index contributed by atoms with van der Waals surface area (Å²) in [6, 6.07) is 12.0. The number of hydrogen-bond acceptors (Lipinski definition) is 3. The molecule has 2 N–H and O–H groups in total. The highest BCUT2D eigenvalue weighted by Crippen LogP contribution is 2.23. The van der Waals surface area contributed by atoms with E-state index in [9.17, 15) is 9.59 Å². The number of carboxylic acids is 1. The molecule has 0 aliphatic rings. The Morgan fingerprint density at radius 3 is 2.42 bits per heavy atom. The molecule has 0 atom stereocenters. The van der Waals surface area contributed by atoms with Gasteiger partial charge in [-0.1, -0.05) is 35.9 Å². The number of carboxylic acid groups (broad SMARTS) is 1. The molecule has 0 aromatic heterocycles. The summed E-state index contributed by atoms with van der Waals surface area (Å²) < 4.78 is 5.44. The zero-order valence-corrected chi connectivity index (χ0v) is 14.0. The van der Waals surface area contributed by atoms with E-state index in [4.69, 9.17) is 21.4 Å². The second-order valence-corrected chi connectivity index (χ2v) is 5.58. The van der Waals surface area contributed by atoms with Gasteiger partial charge in [-0.25, -0.2) is 0 Å². The minimum atomic E-state index is -0.875. The molecule has 0 aliphatic heterocycles. The van der Waals surface area contributed by atoms with Crippen molar-refractivity contribution in [1.29, 1.82) is 0 Å². The highest BCUT2D eigenvalue weighted by Gasteiger charge is 2.13. The Kier molecular flexibility index (Phi) is 6.21. The first-order valence-corrected chi connectivity index (χ1v) is 7.87. The normalized spacial score (nSPS) is 10.2. The second-order valence-electron chi connectivity index (χ2n) is 5.14. The summed E-state index contributed by atoms with van der Waals surface area (Å²) in [6.45, 7) is 2.62. The van der Waals surface area contributed by atoms with Gasteiger partial charge in [-0.05, 0) is 36.2 Å². The molecule has 5 nitrogen and oxygen atoms in total. The van der Waals surface area contributed by atoms with Crippen molar-refractivity contribution in [1.82, 2.24) is 5.32 Å². The fourth-order valence-electron chi connectivity index (χ4n) is 2.19. The van der Waals surface area contributed by atoms with Crippen LogP contribution < -0.4 is 10.1 Å². The topological polar surface area (TPSA) is 75.6 Å². The highest BCUT2D eigenvalue weighted by molar-refractivity contribution is 6.31. The monoisotopic (exact) mass is 347 g/mol. The number of halogens is 1. The van der Waals surface area contributed by atoms with Crippen LogP contribution in [0.4, 0.5) is 0 Å². The maximum atomic E-state index is 12.4. The highest BCUT2D eigenvalue weighted by atomic mass is 35.5. The van der Waals surface area contributed by atoms with Gasteiger partial charge >= 0.3 is 5.97 Å². The van der Waals surface area contributed by atoms with Gasteiger partial charge in [0.15, 0.2) is 0 Å². The molecule has 6 heteroatoms. The lowest BCUT2D eigenvalue weighted by Crippen LogP contribution is -2.23. The summed E-state index contributed by atoms with van der Waals surface area (Å²) in [5.74, 6) is -0.674. The number of benzene rings is 2. The molecule has 0 bridgehead atoms. The van der Waals surface area contributed by atoms with Crippen molar-refractivity contribution in [2.24, 2.45) is 0 Å². The number of nitrogens with one attached hydrogen (secondary N) is 1. The van der Waals surface area contributed by atoms with Gasteiger partial charge in [-0.15, -0.1) is 0 Å². The van der Waals surface area contributed by atoms with Crippen molar-refractivity contribution in [2.45, 2.75) is 19.9 Å². The molecule has 0 fully saturated rings. The van der Waals surface area contributed by atoms with Crippen LogP contribution in [0.1, 0.15) is 28.4 Å². The number of carbonyl (C=O) groups is 2. The smallest absolute Gasteiger partial charge is 0.307 e. The summed E-state index contributed by atoms with van der Waals surface area (Å²) >= 11 is 5.95. The third kappa shape index (κ3) is 4.99. The SMILES string of the molecule is CCOc1ccc(Cl)cc1C(=O)NCc1ccc(CC(=O)O)cc1. The van der Waals surface area contributed by atoms with Gasteiger partial charge in [-0.3, -0.25) is 9.59 Å². The van der Waals surface area contributed by atoms with Crippen molar-refractivity contribution < 1.29 is 19.4 Å². The maximum Gasteiger partial charge on any atom is 0.307 e. The molecule has 2 aromatic carbocycles. The summed E-state index contributed by atoms with van der Waals surface area (Å²) in [7, 11) is 0. The Morgan fingerprint density at radius 2 is 1.79 bits per heavy atom. The third-order valence-corrected chi connectivity index (χ3v) is 3.55. The lowest BCUT2D eigenvalue weighted by Gasteiger charge is -2.11. The lowest BCUT2D eigenvalue weighted by molar-refractivity contribution is -0.136. The van der Waals surface area contributed by atoms with Crippen molar-refractivity contribution in [3.05, 3.63) is 64.2 Å². The van der Waals surface area contributed by atoms with Crippen molar-refractivity contribution in [3.8, 4) is 5.75 Å². The van der Waals surface area contributed by atoms with Crippen molar-refractivity contribution >= 4 is 23.5 Å². The number of amides is 1. The average molecular weight is 348 g/mol. The summed E-state index contributed by atoms with van der Waals surface area (Å²) in [6.07, 6.45) is -0.0210. The molecule has 0 unspecified atom stereocenters. The van der Waals surface area contributed by atoms with Crippen LogP contribution in [0.25, 0.3) is 0 Å². The molecule has 1 amide bonds. The fraction of sp³-hybridized carbons (Fsp3) is 0.222. The molecule has 0 aliphatic carbocycles. The minimum Gasteiger partial charge on any atom is -0.493 e. The number of aliphatic carboxylic acids is 1. The van der Waals surface area contributed by atoms with Crippen LogP contribution in [0.5, 0.6) is 5.75 Å². The molecule has 0 saturated heterocycles. The largest absolute Gasteiger partial charge is 0.493 e. The first kappa shape index (κ1) is 17.8. The summed E-state index contributed by atoms with van der Waals surface area (Å²) in [5, 5.41) is 12.0. The van der Waals surface area contributed by atoms with Gasteiger partial charge < -0.3 is 15.2 Å². The average Bonchev–Trinajstić information content (AvgIpc) is 2.55. The Morgan fingerprint density at radius 1 is 1.12 bits per heavy atom. The van der Waals surface area contributed by atoms with Gasteiger partial charge in [0, 0.05) is 11.6 Å². The molecule has 126 valence electrons. The van der Waals surface area contributed by atoms with E-state index in [1.807, 2.05) is 6.92 Å². The Hall–Kier alpha value is -2.53. The van der Waals surface area contributed by atoms with E-state index < -0.39 is 5.97 Å². The first-order chi connectivity index (χ1) is 11.5. The molecule has 2 rings (SSSR count). The predicted octanol–water partition coefficient (Wildman–Crippen LogP) is 3.30. The Balaban J connectivity index is 2.02. The molecular weight excluding hydrogens is 330 g/mol. The van der Waals surface area contributed by atoms with E-state index in [-0.39, 0.29) is 12.3 Å². The van der Waals surface area contributed by atoms with Crippen LogP contribution in [0.15, 0.2) is 42.5 Å². The summed E-state index contributed by atoms with van der Waals surface area (Å²) in [4.78, 5) is 23.0. The molecule has 2 aromatic rings. The van der Waals surface area contributed by atoms with E-state index >= 15 is 0 Å². The quantitative estimate of drug-likeness (QED) is 0.805. The molecule has 0 heterocycles. The van der Waals surface area contributed by atoms with E-state index in [1.54, 1.807) is 42.5 Å². The first-order valence-electron chi connectivity index (χ1n) is 7.49. The summed E-state index contributed by atoms with van der Waals surface area (Å²) in [5.41, 5.74) is 1.97. The second kappa shape index (κ2) is 8.36. The van der Waals surface area contributed by atoms with Gasteiger partial charge in [0.25, 0.3) is 5.91 Å². The Bertz CT molecular complexity index is 728.